The number of carbonyl (C=O) groups is 1. The molecule has 2 unspecified atom stereocenters. The van der Waals surface area contributed by atoms with Gasteiger partial charge in [-0.05, 0) is 84.9 Å². The highest BCUT2D eigenvalue weighted by atomic mass is 16.5. The molecular weight excluding hydrogens is 368 g/mol. The van der Waals surface area contributed by atoms with Crippen LogP contribution in [-0.4, -0.2) is 50.1 Å². The summed E-state index contributed by atoms with van der Waals surface area (Å²) in [5.74, 6) is 0.411. The number of fused-ring (bicyclic) bond motifs is 1. The number of aliphatic hydroxyl groups is 1. The van der Waals surface area contributed by atoms with Gasteiger partial charge in [0.1, 0.15) is 11.9 Å². The molecule has 2 atom stereocenters. The lowest BCUT2D eigenvalue weighted by Crippen LogP contribution is -2.66. The number of nitrogens with zero attached hydrogens (tertiary/aromatic N) is 1. The van der Waals surface area contributed by atoms with Crippen molar-refractivity contribution in [3.05, 3.63) is 28.3 Å². The van der Waals surface area contributed by atoms with Crippen molar-refractivity contribution in [2.24, 2.45) is 0 Å². The lowest BCUT2D eigenvalue weighted by molar-refractivity contribution is -0.246. The van der Waals surface area contributed by atoms with Crippen LogP contribution in [0.1, 0.15) is 69.7 Å². The predicted octanol–water partition coefficient (Wildman–Crippen LogP) is 3.19. The molecule has 0 spiro atoms. The van der Waals surface area contributed by atoms with E-state index >= 15 is 0 Å². The van der Waals surface area contributed by atoms with Crippen LogP contribution in [0.2, 0.25) is 0 Å². The van der Waals surface area contributed by atoms with E-state index in [1.807, 2.05) is 48.5 Å². The van der Waals surface area contributed by atoms with Gasteiger partial charge in [-0.25, -0.2) is 0 Å². The number of carbonyl (C=O) groups excluding carboxylic acids is 1. The maximum absolute atomic E-state index is 13.3. The quantitative estimate of drug-likeness (QED) is 0.705. The second-order valence-electron chi connectivity index (χ2n) is 10.4. The molecule has 29 heavy (non-hydrogen) atoms. The number of aryl methyl sites for hydroxylation is 2. The summed E-state index contributed by atoms with van der Waals surface area (Å²) in [5.41, 5.74) is 1.87. The topological polar surface area (TPSA) is 82.0 Å². The third-order valence-corrected chi connectivity index (χ3v) is 6.89. The van der Waals surface area contributed by atoms with Gasteiger partial charge in [0.2, 0.25) is 5.60 Å². The summed E-state index contributed by atoms with van der Waals surface area (Å²) in [6.45, 7) is 15.6. The van der Waals surface area contributed by atoms with Gasteiger partial charge in [-0.1, -0.05) is 6.07 Å². The minimum atomic E-state index is -1.36. The van der Waals surface area contributed by atoms with Gasteiger partial charge in [0.15, 0.2) is 0 Å². The van der Waals surface area contributed by atoms with Gasteiger partial charge in [-0.15, -0.1) is 0 Å². The van der Waals surface area contributed by atoms with E-state index in [0.29, 0.717) is 19.3 Å². The van der Waals surface area contributed by atoms with Crippen molar-refractivity contribution in [1.82, 2.24) is 10.4 Å². The van der Waals surface area contributed by atoms with Crippen molar-refractivity contribution in [3.63, 3.8) is 0 Å². The number of aliphatic hydroxyl groups excluding tert-OH is 1. The summed E-state index contributed by atoms with van der Waals surface area (Å²) in [6, 6.07) is 1.98. The van der Waals surface area contributed by atoms with Gasteiger partial charge < -0.3 is 20.4 Å². The van der Waals surface area contributed by atoms with Crippen LogP contribution in [0.15, 0.2) is 6.07 Å². The average Bonchev–Trinajstić information content (AvgIpc) is 2.59. The van der Waals surface area contributed by atoms with E-state index in [1.54, 1.807) is 6.92 Å². The van der Waals surface area contributed by atoms with Crippen LogP contribution in [0, 0.1) is 20.8 Å². The molecule has 2 aliphatic heterocycles. The smallest absolute Gasteiger partial charge is 0.266 e. The van der Waals surface area contributed by atoms with E-state index in [2.05, 4.69) is 11.4 Å². The molecule has 162 valence electrons. The summed E-state index contributed by atoms with van der Waals surface area (Å²) < 4.78 is 6.23. The average molecular weight is 405 g/mol. The van der Waals surface area contributed by atoms with Crippen LogP contribution in [0.5, 0.6) is 5.75 Å². The Kier molecular flexibility index (Phi) is 5.30. The number of benzene rings is 1. The third kappa shape index (κ3) is 3.66. The Labute approximate surface area is 174 Å². The molecule has 0 aromatic heterocycles. The SMILES string of the molecule is Cc1cc(C)c2c(c1C)OC(C)(C(=O)NC1CC(C)(C)N(O)C(C)(C)C1)C(O)C2. The summed E-state index contributed by atoms with van der Waals surface area (Å²) in [6.07, 6.45) is 0.671. The Morgan fingerprint density at radius 3 is 2.21 bits per heavy atom. The fraction of sp³-hybridized carbons (Fsp3) is 0.696. The molecule has 1 fully saturated rings. The number of hydroxylamine groups is 2. The van der Waals surface area contributed by atoms with Crippen molar-refractivity contribution in [1.29, 1.82) is 0 Å². The van der Waals surface area contributed by atoms with E-state index in [-0.39, 0.29) is 11.9 Å². The molecular formula is C23H36N2O4. The van der Waals surface area contributed by atoms with Gasteiger partial charge in [0, 0.05) is 29.1 Å². The van der Waals surface area contributed by atoms with E-state index in [0.717, 1.165) is 28.0 Å². The number of ether oxygens (including phenoxy) is 1. The second-order valence-corrected chi connectivity index (χ2v) is 10.4. The summed E-state index contributed by atoms with van der Waals surface area (Å²) in [5, 5.41) is 25.9. The van der Waals surface area contributed by atoms with E-state index in [4.69, 9.17) is 4.74 Å². The Hall–Kier alpha value is -1.63. The molecule has 3 rings (SSSR count). The molecule has 1 aromatic rings. The van der Waals surface area contributed by atoms with Crippen molar-refractivity contribution in [2.75, 3.05) is 0 Å². The molecule has 6 heteroatoms. The van der Waals surface area contributed by atoms with Gasteiger partial charge in [-0.3, -0.25) is 4.79 Å². The Morgan fingerprint density at radius 1 is 1.10 bits per heavy atom. The normalized spacial score (nSPS) is 29.1. The molecule has 1 amide bonds. The minimum absolute atomic E-state index is 0.120. The number of hydrogen-bond donors (Lipinski definition) is 3. The molecule has 3 N–H and O–H groups in total. The van der Waals surface area contributed by atoms with Gasteiger partial charge in [0.25, 0.3) is 5.91 Å². The van der Waals surface area contributed by atoms with E-state index in [9.17, 15) is 15.1 Å². The monoisotopic (exact) mass is 404 g/mol. The van der Waals surface area contributed by atoms with Crippen LogP contribution in [0.4, 0.5) is 0 Å². The molecule has 2 aliphatic rings. The molecule has 0 bridgehead atoms. The molecule has 1 aromatic carbocycles. The number of piperidine rings is 1. The Balaban J connectivity index is 1.86. The highest BCUT2D eigenvalue weighted by molar-refractivity contribution is 5.87. The first-order chi connectivity index (χ1) is 13.2. The van der Waals surface area contributed by atoms with Gasteiger partial charge in [-0.2, -0.15) is 5.06 Å². The van der Waals surface area contributed by atoms with E-state index in [1.165, 1.54) is 5.06 Å². The maximum atomic E-state index is 13.3. The first kappa shape index (κ1) is 22.1. The number of rotatable bonds is 2. The standard InChI is InChI=1S/C23H36N2O4/c1-13-9-14(2)17-10-18(26)23(8,29-19(17)15(13)3)20(27)24-16-11-21(4,5)25(28)22(6,7)12-16/h9,16,18,26,28H,10-12H2,1-8H3,(H,24,27). The molecule has 0 radical (unpaired) electrons. The molecule has 6 nitrogen and oxygen atoms in total. The fourth-order valence-electron chi connectivity index (χ4n) is 5.06. The zero-order chi connectivity index (χ0) is 21.9. The third-order valence-electron chi connectivity index (χ3n) is 6.89. The summed E-state index contributed by atoms with van der Waals surface area (Å²) >= 11 is 0. The maximum Gasteiger partial charge on any atom is 0.266 e. The van der Waals surface area contributed by atoms with Crippen molar-refractivity contribution >= 4 is 5.91 Å². The van der Waals surface area contributed by atoms with Crippen molar-refractivity contribution < 1.29 is 19.8 Å². The second kappa shape index (κ2) is 6.96. The number of amides is 1. The molecule has 2 heterocycles. The van der Waals surface area contributed by atoms with Crippen LogP contribution in [0.25, 0.3) is 0 Å². The van der Waals surface area contributed by atoms with Crippen molar-refractivity contribution in [2.45, 2.75) is 103 Å². The molecule has 0 saturated carbocycles. The predicted molar refractivity (Wildman–Crippen MR) is 112 cm³/mol. The van der Waals surface area contributed by atoms with Gasteiger partial charge in [0.05, 0.1) is 0 Å². The van der Waals surface area contributed by atoms with Gasteiger partial charge >= 0.3 is 0 Å². The lowest BCUT2D eigenvalue weighted by atomic mass is 9.78. The van der Waals surface area contributed by atoms with Crippen LogP contribution >= 0.6 is 0 Å². The van der Waals surface area contributed by atoms with Crippen LogP contribution in [-0.2, 0) is 11.2 Å². The van der Waals surface area contributed by atoms with E-state index < -0.39 is 22.8 Å². The molecule has 1 saturated heterocycles. The number of hydrogen-bond acceptors (Lipinski definition) is 5. The lowest BCUT2D eigenvalue weighted by Gasteiger charge is -2.52. The first-order valence-corrected chi connectivity index (χ1v) is 10.5. The van der Waals surface area contributed by atoms with Crippen LogP contribution < -0.4 is 10.1 Å². The Bertz CT molecular complexity index is 815. The highest BCUT2D eigenvalue weighted by Gasteiger charge is 2.50. The van der Waals surface area contributed by atoms with Crippen LogP contribution in [0.3, 0.4) is 0 Å². The number of nitrogens with one attached hydrogen (secondary N) is 1. The zero-order valence-corrected chi connectivity index (χ0v) is 19.0. The summed E-state index contributed by atoms with van der Waals surface area (Å²) in [7, 11) is 0. The molecule has 0 aliphatic carbocycles. The minimum Gasteiger partial charge on any atom is -0.474 e. The first-order valence-electron chi connectivity index (χ1n) is 10.5. The highest BCUT2D eigenvalue weighted by Crippen LogP contribution is 2.40. The largest absolute Gasteiger partial charge is 0.474 e. The fourth-order valence-corrected chi connectivity index (χ4v) is 5.06. The van der Waals surface area contributed by atoms with Crippen molar-refractivity contribution in [3.8, 4) is 5.75 Å². The Morgan fingerprint density at radius 2 is 1.66 bits per heavy atom. The summed E-state index contributed by atoms with van der Waals surface area (Å²) in [4.78, 5) is 13.3. The zero-order valence-electron chi connectivity index (χ0n) is 19.0.